The second-order valence-corrected chi connectivity index (χ2v) is 7.61. The van der Waals surface area contributed by atoms with Crippen LogP contribution in [0.5, 0.6) is 28.7 Å². The van der Waals surface area contributed by atoms with Gasteiger partial charge in [0.2, 0.25) is 6.29 Å². The number of aliphatic hydroxyl groups excluding tert-OH is 4. The Morgan fingerprint density at radius 2 is 1.72 bits per heavy atom. The Morgan fingerprint density at radius 3 is 2.41 bits per heavy atom. The zero-order valence-electron chi connectivity index (χ0n) is 16.5. The molecule has 0 amide bonds. The molecule has 1 saturated heterocycles. The van der Waals surface area contributed by atoms with E-state index in [1.54, 1.807) is 0 Å². The highest BCUT2D eigenvalue weighted by molar-refractivity contribution is 6.02. The standard InChI is InChI=1S/C21H22O11/c22-7-16-18(27)19(28)20(29)21(32-16)31-13-2-1-8(3-10(13)24)14-6-12(26)17-11(25)4-9(23)5-15(17)30-14/h1-5,14,16,18-25,27-29H,6-7H2. The van der Waals surface area contributed by atoms with Gasteiger partial charge >= 0.3 is 0 Å². The molecule has 0 bridgehead atoms. The Labute approximate surface area is 181 Å². The zero-order chi connectivity index (χ0) is 23.2. The lowest BCUT2D eigenvalue weighted by molar-refractivity contribution is -0.277. The predicted molar refractivity (Wildman–Crippen MR) is 105 cm³/mol. The van der Waals surface area contributed by atoms with E-state index in [-0.39, 0.29) is 35.0 Å². The Kier molecular flexibility index (Phi) is 5.84. The molecule has 0 aromatic heterocycles. The zero-order valence-corrected chi connectivity index (χ0v) is 16.5. The molecule has 2 aromatic carbocycles. The van der Waals surface area contributed by atoms with Crippen molar-refractivity contribution in [2.24, 2.45) is 0 Å². The van der Waals surface area contributed by atoms with Crippen LogP contribution in [0.15, 0.2) is 30.3 Å². The summed E-state index contributed by atoms with van der Waals surface area (Å²) in [5.74, 6) is -1.59. The summed E-state index contributed by atoms with van der Waals surface area (Å²) in [6.07, 6.45) is -8.43. The number of benzene rings is 2. The van der Waals surface area contributed by atoms with Crippen LogP contribution >= 0.6 is 0 Å². The van der Waals surface area contributed by atoms with Crippen molar-refractivity contribution in [2.45, 2.75) is 43.2 Å². The number of ether oxygens (including phenoxy) is 3. The van der Waals surface area contributed by atoms with Gasteiger partial charge in [-0.2, -0.15) is 0 Å². The summed E-state index contributed by atoms with van der Waals surface area (Å²) in [6, 6.07) is 6.33. The molecule has 4 rings (SSSR count). The topological polar surface area (TPSA) is 186 Å². The van der Waals surface area contributed by atoms with Crippen molar-refractivity contribution in [3.63, 3.8) is 0 Å². The fourth-order valence-corrected chi connectivity index (χ4v) is 3.74. The number of rotatable bonds is 4. The number of aromatic hydroxyl groups is 3. The number of phenolic OH excluding ortho intramolecular Hbond substituents is 3. The Hall–Kier alpha value is -3.09. The minimum absolute atomic E-state index is 0.00452. The number of Topliss-reactive ketones (excluding diaryl/α,β-unsaturated/α-hetero) is 1. The molecule has 0 radical (unpaired) electrons. The van der Waals surface area contributed by atoms with Crippen molar-refractivity contribution in [3.05, 3.63) is 41.5 Å². The van der Waals surface area contributed by atoms with Crippen molar-refractivity contribution < 1.29 is 54.8 Å². The van der Waals surface area contributed by atoms with Crippen LogP contribution in [0.1, 0.15) is 28.4 Å². The second kappa shape index (κ2) is 8.45. The van der Waals surface area contributed by atoms with Crippen LogP contribution in [0, 0.1) is 0 Å². The molecule has 11 heteroatoms. The van der Waals surface area contributed by atoms with E-state index in [1.807, 2.05) is 0 Å². The van der Waals surface area contributed by atoms with Gasteiger partial charge in [0.25, 0.3) is 0 Å². The maximum atomic E-state index is 12.5. The number of aliphatic hydroxyl groups is 4. The Balaban J connectivity index is 1.53. The summed E-state index contributed by atoms with van der Waals surface area (Å²) in [6.45, 7) is -0.630. The lowest BCUT2D eigenvalue weighted by Gasteiger charge is -2.39. The van der Waals surface area contributed by atoms with E-state index in [0.29, 0.717) is 5.56 Å². The summed E-state index contributed by atoms with van der Waals surface area (Å²) in [5, 5.41) is 68.9. The molecular formula is C21H22O11. The third kappa shape index (κ3) is 3.92. The third-order valence-corrected chi connectivity index (χ3v) is 5.43. The Morgan fingerprint density at radius 1 is 0.969 bits per heavy atom. The maximum Gasteiger partial charge on any atom is 0.229 e. The fraction of sp³-hybridized carbons (Fsp3) is 0.381. The lowest BCUT2D eigenvalue weighted by atomic mass is 9.95. The largest absolute Gasteiger partial charge is 0.508 e. The van der Waals surface area contributed by atoms with Gasteiger partial charge in [0.15, 0.2) is 17.3 Å². The van der Waals surface area contributed by atoms with E-state index in [0.717, 1.165) is 6.07 Å². The number of carbonyl (C=O) groups is 1. The molecule has 0 saturated carbocycles. The number of carbonyl (C=O) groups excluding carboxylic acids is 1. The first-order chi connectivity index (χ1) is 15.2. The molecule has 0 spiro atoms. The van der Waals surface area contributed by atoms with Crippen LogP contribution in [-0.4, -0.2) is 78.8 Å². The van der Waals surface area contributed by atoms with E-state index < -0.39 is 54.9 Å². The molecule has 2 aliphatic rings. The summed E-state index contributed by atoms with van der Waals surface area (Å²) in [4.78, 5) is 12.5. The van der Waals surface area contributed by atoms with Gasteiger partial charge in [-0.15, -0.1) is 0 Å². The first kappa shape index (κ1) is 22.1. The number of ketones is 1. The predicted octanol–water partition coefficient (Wildman–Crippen LogP) is -0.311. The summed E-state index contributed by atoms with van der Waals surface area (Å²) >= 11 is 0. The number of hydrogen-bond acceptors (Lipinski definition) is 11. The average molecular weight is 450 g/mol. The molecule has 1 fully saturated rings. The molecular weight excluding hydrogens is 428 g/mol. The summed E-state index contributed by atoms with van der Waals surface area (Å²) in [7, 11) is 0. The minimum atomic E-state index is -1.65. The van der Waals surface area contributed by atoms with Crippen LogP contribution in [0.25, 0.3) is 0 Å². The van der Waals surface area contributed by atoms with E-state index in [1.165, 1.54) is 24.3 Å². The third-order valence-electron chi connectivity index (χ3n) is 5.43. The van der Waals surface area contributed by atoms with Crippen molar-refractivity contribution >= 4 is 5.78 Å². The second-order valence-electron chi connectivity index (χ2n) is 7.61. The van der Waals surface area contributed by atoms with Gasteiger partial charge in [-0.1, -0.05) is 6.07 Å². The number of fused-ring (bicyclic) bond motifs is 1. The molecule has 7 N–H and O–H groups in total. The smallest absolute Gasteiger partial charge is 0.229 e. The first-order valence-corrected chi connectivity index (χ1v) is 9.75. The molecule has 11 nitrogen and oxygen atoms in total. The highest BCUT2D eigenvalue weighted by Crippen LogP contribution is 2.43. The van der Waals surface area contributed by atoms with Gasteiger partial charge in [0.05, 0.1) is 13.0 Å². The summed E-state index contributed by atoms with van der Waals surface area (Å²) in [5.41, 5.74) is 0.358. The van der Waals surface area contributed by atoms with Crippen LogP contribution in [0.4, 0.5) is 0 Å². The quantitative estimate of drug-likeness (QED) is 0.324. The highest BCUT2D eigenvalue weighted by Gasteiger charge is 2.45. The van der Waals surface area contributed by atoms with E-state index in [4.69, 9.17) is 14.2 Å². The van der Waals surface area contributed by atoms with Crippen molar-refractivity contribution in [3.8, 4) is 28.7 Å². The van der Waals surface area contributed by atoms with Gasteiger partial charge in [-0.25, -0.2) is 0 Å². The highest BCUT2D eigenvalue weighted by atomic mass is 16.7. The molecule has 2 aliphatic heterocycles. The van der Waals surface area contributed by atoms with Crippen LogP contribution < -0.4 is 9.47 Å². The van der Waals surface area contributed by atoms with Crippen LogP contribution in [0.2, 0.25) is 0 Å². The maximum absolute atomic E-state index is 12.5. The van der Waals surface area contributed by atoms with Crippen LogP contribution in [0.3, 0.4) is 0 Å². The SMILES string of the molecule is O=C1CC(c2ccc(OC3OC(CO)C(O)C(O)C3O)c(O)c2)Oc2cc(O)cc(O)c21. The van der Waals surface area contributed by atoms with E-state index in [9.17, 15) is 40.5 Å². The van der Waals surface area contributed by atoms with Gasteiger partial charge in [0, 0.05) is 12.1 Å². The molecule has 172 valence electrons. The normalized spacial score (nSPS) is 29.8. The molecule has 6 atom stereocenters. The molecule has 32 heavy (non-hydrogen) atoms. The van der Waals surface area contributed by atoms with Crippen molar-refractivity contribution in [1.82, 2.24) is 0 Å². The molecule has 0 aliphatic carbocycles. The Bertz CT molecular complexity index is 1020. The van der Waals surface area contributed by atoms with Gasteiger partial charge < -0.3 is 50.0 Å². The van der Waals surface area contributed by atoms with E-state index in [2.05, 4.69) is 0 Å². The monoisotopic (exact) mass is 450 g/mol. The average Bonchev–Trinajstić information content (AvgIpc) is 2.74. The van der Waals surface area contributed by atoms with Gasteiger partial charge in [-0.3, -0.25) is 4.79 Å². The minimum Gasteiger partial charge on any atom is -0.508 e. The molecule has 2 aromatic rings. The van der Waals surface area contributed by atoms with E-state index >= 15 is 0 Å². The van der Waals surface area contributed by atoms with Crippen molar-refractivity contribution in [1.29, 1.82) is 0 Å². The fourth-order valence-electron chi connectivity index (χ4n) is 3.74. The molecule has 2 heterocycles. The van der Waals surface area contributed by atoms with Gasteiger partial charge in [-0.05, 0) is 17.7 Å². The number of phenols is 3. The van der Waals surface area contributed by atoms with Crippen LogP contribution in [-0.2, 0) is 4.74 Å². The number of hydrogen-bond donors (Lipinski definition) is 7. The summed E-state index contributed by atoms with van der Waals surface area (Å²) < 4.78 is 16.4. The van der Waals surface area contributed by atoms with Crippen molar-refractivity contribution in [2.75, 3.05) is 6.61 Å². The first-order valence-electron chi connectivity index (χ1n) is 9.75. The van der Waals surface area contributed by atoms with Gasteiger partial charge in [0.1, 0.15) is 53.3 Å². The lowest BCUT2D eigenvalue weighted by Crippen LogP contribution is -2.60. The molecule has 6 unspecified atom stereocenters.